The zero-order chi connectivity index (χ0) is 10.8. The molecule has 0 aliphatic carbocycles. The van der Waals surface area contributed by atoms with Gasteiger partial charge in [-0.05, 0) is 51.0 Å². The van der Waals surface area contributed by atoms with Crippen LogP contribution in [0.15, 0.2) is 18.2 Å². The first-order valence-corrected chi connectivity index (χ1v) is 4.77. The largest absolute Gasteiger partial charge is 0.316 e. The molecule has 14 heavy (non-hydrogen) atoms. The van der Waals surface area contributed by atoms with E-state index in [1.807, 2.05) is 13.8 Å². The zero-order valence-electron chi connectivity index (χ0n) is 9.31. The molecule has 0 aliphatic rings. The Morgan fingerprint density at radius 1 is 1.07 bits per heavy atom. The standard InChI is InChI=1S/C13H17N/c1-10-7-11(2)9-12(8-10)5-6-13(3,4)14/h7-9H,14H2,1-4H3. The van der Waals surface area contributed by atoms with Crippen molar-refractivity contribution in [2.24, 2.45) is 5.73 Å². The Morgan fingerprint density at radius 3 is 2.00 bits per heavy atom. The van der Waals surface area contributed by atoms with Gasteiger partial charge in [0.2, 0.25) is 0 Å². The first-order valence-electron chi connectivity index (χ1n) is 4.77. The van der Waals surface area contributed by atoms with Gasteiger partial charge in [0.1, 0.15) is 0 Å². The molecular formula is C13H17N. The Morgan fingerprint density at radius 2 is 1.57 bits per heavy atom. The molecule has 0 aromatic heterocycles. The van der Waals surface area contributed by atoms with Gasteiger partial charge in [-0.25, -0.2) is 0 Å². The molecule has 0 fully saturated rings. The quantitative estimate of drug-likeness (QED) is 0.620. The molecule has 0 unspecified atom stereocenters. The first kappa shape index (κ1) is 10.8. The van der Waals surface area contributed by atoms with Gasteiger partial charge in [-0.15, -0.1) is 0 Å². The molecule has 0 radical (unpaired) electrons. The van der Waals surface area contributed by atoms with Crippen LogP contribution in [0.5, 0.6) is 0 Å². The van der Waals surface area contributed by atoms with Crippen LogP contribution < -0.4 is 5.73 Å². The van der Waals surface area contributed by atoms with Crippen molar-refractivity contribution < 1.29 is 0 Å². The van der Waals surface area contributed by atoms with E-state index in [1.165, 1.54) is 11.1 Å². The molecule has 1 rings (SSSR count). The van der Waals surface area contributed by atoms with Crippen LogP contribution in [0.2, 0.25) is 0 Å². The topological polar surface area (TPSA) is 26.0 Å². The van der Waals surface area contributed by atoms with Crippen molar-refractivity contribution in [3.8, 4) is 11.8 Å². The highest BCUT2D eigenvalue weighted by atomic mass is 14.7. The van der Waals surface area contributed by atoms with Crippen LogP contribution in [0.4, 0.5) is 0 Å². The van der Waals surface area contributed by atoms with Crippen LogP contribution in [0.3, 0.4) is 0 Å². The van der Waals surface area contributed by atoms with Crippen LogP contribution in [-0.4, -0.2) is 5.54 Å². The van der Waals surface area contributed by atoms with E-state index in [4.69, 9.17) is 5.73 Å². The molecule has 2 N–H and O–H groups in total. The summed E-state index contributed by atoms with van der Waals surface area (Å²) >= 11 is 0. The van der Waals surface area contributed by atoms with Crippen LogP contribution >= 0.6 is 0 Å². The normalized spacial score (nSPS) is 10.6. The van der Waals surface area contributed by atoms with Crippen LogP contribution in [0.1, 0.15) is 30.5 Å². The molecule has 1 aromatic rings. The van der Waals surface area contributed by atoms with E-state index in [1.54, 1.807) is 0 Å². The Hall–Kier alpha value is -1.26. The lowest BCUT2D eigenvalue weighted by Crippen LogP contribution is -2.29. The minimum atomic E-state index is -0.419. The van der Waals surface area contributed by atoms with Gasteiger partial charge >= 0.3 is 0 Å². The number of rotatable bonds is 0. The number of nitrogens with two attached hydrogens (primary N) is 1. The van der Waals surface area contributed by atoms with E-state index in [9.17, 15) is 0 Å². The number of aryl methyl sites for hydroxylation is 2. The third-order valence-corrected chi connectivity index (χ3v) is 1.75. The summed E-state index contributed by atoms with van der Waals surface area (Å²) in [4.78, 5) is 0. The molecule has 0 bridgehead atoms. The fourth-order valence-electron chi connectivity index (χ4n) is 1.28. The minimum absolute atomic E-state index is 0.419. The molecule has 0 amide bonds. The zero-order valence-corrected chi connectivity index (χ0v) is 9.31. The van der Waals surface area contributed by atoms with Crippen LogP contribution in [0.25, 0.3) is 0 Å². The van der Waals surface area contributed by atoms with Crippen molar-refractivity contribution in [1.82, 2.24) is 0 Å². The van der Waals surface area contributed by atoms with Crippen molar-refractivity contribution in [2.75, 3.05) is 0 Å². The SMILES string of the molecule is Cc1cc(C)cc(C#CC(C)(C)N)c1. The Labute approximate surface area is 86.3 Å². The average molecular weight is 187 g/mol. The van der Waals surface area contributed by atoms with Gasteiger partial charge < -0.3 is 5.73 Å². The third kappa shape index (κ3) is 3.64. The molecule has 74 valence electrons. The lowest BCUT2D eigenvalue weighted by molar-refractivity contribution is 0.680. The molecule has 1 nitrogen and oxygen atoms in total. The molecular weight excluding hydrogens is 170 g/mol. The lowest BCUT2D eigenvalue weighted by atomic mass is 10.0. The summed E-state index contributed by atoms with van der Waals surface area (Å²) in [6, 6.07) is 6.29. The number of hydrogen-bond donors (Lipinski definition) is 1. The predicted molar refractivity (Wildman–Crippen MR) is 61.1 cm³/mol. The molecule has 0 aliphatic heterocycles. The van der Waals surface area contributed by atoms with E-state index >= 15 is 0 Å². The third-order valence-electron chi connectivity index (χ3n) is 1.75. The van der Waals surface area contributed by atoms with Gasteiger partial charge in [-0.3, -0.25) is 0 Å². The first-order chi connectivity index (χ1) is 6.37. The van der Waals surface area contributed by atoms with E-state index in [0.717, 1.165) is 5.56 Å². The second kappa shape index (κ2) is 3.86. The number of hydrogen-bond acceptors (Lipinski definition) is 1. The van der Waals surface area contributed by atoms with Crippen molar-refractivity contribution in [2.45, 2.75) is 33.2 Å². The molecule has 1 aromatic carbocycles. The summed E-state index contributed by atoms with van der Waals surface area (Å²) in [5.74, 6) is 6.11. The summed E-state index contributed by atoms with van der Waals surface area (Å²) in [5, 5.41) is 0. The second-order valence-corrected chi connectivity index (χ2v) is 4.35. The fraction of sp³-hybridized carbons (Fsp3) is 0.385. The lowest BCUT2D eigenvalue weighted by Gasteiger charge is -2.07. The second-order valence-electron chi connectivity index (χ2n) is 4.35. The molecule has 0 saturated carbocycles. The summed E-state index contributed by atoms with van der Waals surface area (Å²) < 4.78 is 0. The Kier molecular flexibility index (Phi) is 2.98. The molecule has 0 atom stereocenters. The van der Waals surface area contributed by atoms with Gasteiger partial charge in [0, 0.05) is 5.56 Å². The van der Waals surface area contributed by atoms with E-state index in [2.05, 4.69) is 43.9 Å². The van der Waals surface area contributed by atoms with Gasteiger partial charge in [-0.2, -0.15) is 0 Å². The predicted octanol–water partition coefficient (Wildman–Crippen LogP) is 2.39. The highest BCUT2D eigenvalue weighted by Crippen LogP contribution is 2.07. The molecule has 0 saturated heterocycles. The molecule has 1 heteroatoms. The highest BCUT2D eigenvalue weighted by Gasteiger charge is 2.03. The van der Waals surface area contributed by atoms with Gasteiger partial charge in [-0.1, -0.05) is 17.9 Å². The van der Waals surface area contributed by atoms with Crippen LogP contribution in [-0.2, 0) is 0 Å². The highest BCUT2D eigenvalue weighted by molar-refractivity contribution is 5.41. The summed E-state index contributed by atoms with van der Waals surface area (Å²) in [5.41, 5.74) is 8.89. The number of benzene rings is 1. The van der Waals surface area contributed by atoms with Gasteiger partial charge in [0.05, 0.1) is 5.54 Å². The Bertz CT molecular complexity index is 366. The van der Waals surface area contributed by atoms with E-state index in [-0.39, 0.29) is 0 Å². The summed E-state index contributed by atoms with van der Waals surface area (Å²) in [6.45, 7) is 7.96. The fourth-order valence-corrected chi connectivity index (χ4v) is 1.28. The van der Waals surface area contributed by atoms with Crippen molar-refractivity contribution in [3.63, 3.8) is 0 Å². The minimum Gasteiger partial charge on any atom is -0.316 e. The monoisotopic (exact) mass is 187 g/mol. The van der Waals surface area contributed by atoms with E-state index in [0.29, 0.717) is 0 Å². The van der Waals surface area contributed by atoms with Crippen molar-refractivity contribution >= 4 is 0 Å². The Balaban J connectivity index is 3.02. The van der Waals surface area contributed by atoms with Crippen LogP contribution in [0, 0.1) is 25.7 Å². The van der Waals surface area contributed by atoms with Crippen molar-refractivity contribution in [1.29, 1.82) is 0 Å². The molecule has 0 spiro atoms. The average Bonchev–Trinajstić information content (AvgIpc) is 1.97. The summed E-state index contributed by atoms with van der Waals surface area (Å²) in [7, 11) is 0. The van der Waals surface area contributed by atoms with Gasteiger partial charge in [0.25, 0.3) is 0 Å². The van der Waals surface area contributed by atoms with Crippen molar-refractivity contribution in [3.05, 3.63) is 34.9 Å². The van der Waals surface area contributed by atoms with E-state index < -0.39 is 5.54 Å². The maximum atomic E-state index is 5.79. The molecule has 0 heterocycles. The smallest absolute Gasteiger partial charge is 0.0722 e. The summed E-state index contributed by atoms with van der Waals surface area (Å²) in [6.07, 6.45) is 0. The van der Waals surface area contributed by atoms with Gasteiger partial charge in [0.15, 0.2) is 0 Å². The maximum absolute atomic E-state index is 5.79. The maximum Gasteiger partial charge on any atom is 0.0722 e.